The van der Waals surface area contributed by atoms with Crippen LogP contribution in [0.15, 0.2) is 0 Å². The molecule has 1 unspecified atom stereocenters. The lowest BCUT2D eigenvalue weighted by Gasteiger charge is -2.17. The van der Waals surface area contributed by atoms with Crippen molar-refractivity contribution in [3.05, 3.63) is 0 Å². The molecule has 0 radical (unpaired) electrons. The Morgan fingerprint density at radius 3 is 2.36 bits per heavy atom. The summed E-state index contributed by atoms with van der Waals surface area (Å²) >= 11 is 0. The summed E-state index contributed by atoms with van der Waals surface area (Å²) < 4.78 is 14.3. The van der Waals surface area contributed by atoms with Gasteiger partial charge in [0.05, 0.1) is 11.0 Å². The van der Waals surface area contributed by atoms with Crippen LogP contribution in [-0.4, -0.2) is 16.0 Å². The zero-order chi connectivity index (χ0) is 8.48. The van der Waals surface area contributed by atoms with Crippen LogP contribution in [0, 0.1) is 5.41 Å². The summed E-state index contributed by atoms with van der Waals surface area (Å²) in [7, 11) is -0.757. The Morgan fingerprint density at radius 2 is 2.00 bits per heavy atom. The molecular formula is C8H17NOS. The van der Waals surface area contributed by atoms with Gasteiger partial charge in [-0.1, -0.05) is 20.8 Å². The van der Waals surface area contributed by atoms with Crippen LogP contribution < -0.4 is 4.72 Å². The normalized spacial score (nSPS) is 21.7. The first-order valence-electron chi connectivity index (χ1n) is 4.13. The molecule has 1 saturated carbocycles. The predicted octanol–water partition coefficient (Wildman–Crippen LogP) is 1.45. The lowest BCUT2D eigenvalue weighted by Crippen LogP contribution is -2.30. The van der Waals surface area contributed by atoms with Crippen LogP contribution in [0.5, 0.6) is 0 Å². The molecule has 11 heavy (non-hydrogen) atoms. The molecule has 0 bridgehead atoms. The first-order valence-corrected chi connectivity index (χ1v) is 5.34. The van der Waals surface area contributed by atoms with Crippen molar-refractivity contribution in [1.82, 2.24) is 4.72 Å². The van der Waals surface area contributed by atoms with Crippen LogP contribution in [0.4, 0.5) is 0 Å². The smallest absolute Gasteiger partial charge is 0.0947 e. The number of rotatable bonds is 3. The molecule has 0 aromatic heterocycles. The average Bonchev–Trinajstić information content (AvgIpc) is 2.61. The maximum Gasteiger partial charge on any atom is 0.0947 e. The number of hydrogen-bond donors (Lipinski definition) is 1. The van der Waals surface area contributed by atoms with E-state index in [9.17, 15) is 4.21 Å². The van der Waals surface area contributed by atoms with Gasteiger partial charge >= 0.3 is 0 Å². The van der Waals surface area contributed by atoms with E-state index >= 15 is 0 Å². The van der Waals surface area contributed by atoms with Crippen LogP contribution >= 0.6 is 0 Å². The predicted molar refractivity (Wildman–Crippen MR) is 48.6 cm³/mol. The zero-order valence-corrected chi connectivity index (χ0v) is 8.33. The Bertz CT molecular complexity index is 158. The summed E-state index contributed by atoms with van der Waals surface area (Å²) in [5.41, 5.74) is 0.241. The van der Waals surface area contributed by atoms with Gasteiger partial charge in [-0.05, 0) is 18.3 Å². The fraction of sp³-hybridized carbons (Fsp3) is 1.00. The van der Waals surface area contributed by atoms with E-state index < -0.39 is 11.0 Å². The Hall–Kier alpha value is 0.110. The van der Waals surface area contributed by atoms with Gasteiger partial charge in [-0.3, -0.25) is 0 Å². The summed E-state index contributed by atoms with van der Waals surface area (Å²) in [6, 6.07) is 0. The van der Waals surface area contributed by atoms with Crippen LogP contribution in [0.3, 0.4) is 0 Å². The second kappa shape index (κ2) is 3.23. The molecule has 0 heterocycles. The lowest BCUT2D eigenvalue weighted by atomic mass is 9.98. The van der Waals surface area contributed by atoms with Crippen molar-refractivity contribution < 1.29 is 4.21 Å². The quantitative estimate of drug-likeness (QED) is 0.691. The first-order chi connectivity index (χ1) is 4.99. The van der Waals surface area contributed by atoms with Gasteiger partial charge in [0.15, 0.2) is 0 Å². The van der Waals surface area contributed by atoms with E-state index in [2.05, 4.69) is 25.5 Å². The topological polar surface area (TPSA) is 29.1 Å². The van der Waals surface area contributed by atoms with Crippen LogP contribution in [0.2, 0.25) is 0 Å². The highest BCUT2D eigenvalue weighted by Crippen LogP contribution is 2.25. The van der Waals surface area contributed by atoms with Gasteiger partial charge in [0.2, 0.25) is 0 Å². The van der Waals surface area contributed by atoms with Crippen molar-refractivity contribution in [3.8, 4) is 0 Å². The van der Waals surface area contributed by atoms with E-state index in [4.69, 9.17) is 0 Å². The molecular weight excluding hydrogens is 158 g/mol. The highest BCUT2D eigenvalue weighted by atomic mass is 32.2. The highest BCUT2D eigenvalue weighted by Gasteiger charge is 2.28. The molecule has 0 aromatic carbocycles. The third kappa shape index (κ3) is 3.87. The third-order valence-corrected chi connectivity index (χ3v) is 3.08. The van der Waals surface area contributed by atoms with Crippen molar-refractivity contribution in [2.75, 3.05) is 6.54 Å². The Labute approximate surface area is 71.3 Å². The standard InChI is InChI=1S/C8H17NOS/c1-8(2,3)6-9-11(10)7-4-5-7/h7,9H,4-6H2,1-3H3. The molecule has 0 aliphatic heterocycles. The zero-order valence-electron chi connectivity index (χ0n) is 7.52. The molecule has 1 N–H and O–H groups in total. The molecule has 66 valence electrons. The highest BCUT2D eigenvalue weighted by molar-refractivity contribution is 7.84. The van der Waals surface area contributed by atoms with Crippen molar-refractivity contribution in [3.63, 3.8) is 0 Å². The SMILES string of the molecule is CC(C)(C)CNS(=O)C1CC1. The molecule has 1 fully saturated rings. The van der Waals surface area contributed by atoms with Crippen LogP contribution in [0.1, 0.15) is 33.6 Å². The molecule has 1 aliphatic rings. The van der Waals surface area contributed by atoms with Gasteiger partial charge < -0.3 is 0 Å². The lowest BCUT2D eigenvalue weighted by molar-refractivity contribution is 0.412. The molecule has 1 atom stereocenters. The van der Waals surface area contributed by atoms with E-state index in [1.165, 1.54) is 0 Å². The van der Waals surface area contributed by atoms with Gasteiger partial charge in [0, 0.05) is 11.8 Å². The third-order valence-electron chi connectivity index (χ3n) is 1.57. The largest absolute Gasteiger partial charge is 0.243 e. The molecule has 3 heteroatoms. The Balaban J connectivity index is 2.16. The first kappa shape index (κ1) is 9.20. The fourth-order valence-corrected chi connectivity index (χ4v) is 2.06. The minimum atomic E-state index is -0.757. The maximum absolute atomic E-state index is 11.3. The summed E-state index contributed by atoms with van der Waals surface area (Å²) in [5.74, 6) is 0. The van der Waals surface area contributed by atoms with Crippen LogP contribution in [-0.2, 0) is 11.0 Å². The monoisotopic (exact) mass is 175 g/mol. The molecule has 0 aromatic rings. The summed E-state index contributed by atoms with van der Waals surface area (Å²) in [5, 5.41) is 0.456. The Kier molecular flexibility index (Phi) is 2.70. The molecule has 1 rings (SSSR count). The molecule has 1 aliphatic carbocycles. The maximum atomic E-state index is 11.3. The van der Waals surface area contributed by atoms with Crippen LogP contribution in [0.25, 0.3) is 0 Å². The minimum Gasteiger partial charge on any atom is -0.243 e. The summed E-state index contributed by atoms with van der Waals surface area (Å²) in [6.07, 6.45) is 2.29. The second-order valence-electron chi connectivity index (χ2n) is 4.38. The van der Waals surface area contributed by atoms with Crippen molar-refractivity contribution in [2.24, 2.45) is 5.41 Å². The van der Waals surface area contributed by atoms with Crippen molar-refractivity contribution >= 4 is 11.0 Å². The fourth-order valence-electron chi connectivity index (χ4n) is 0.688. The van der Waals surface area contributed by atoms with E-state index in [1.54, 1.807) is 0 Å². The average molecular weight is 175 g/mol. The Morgan fingerprint density at radius 1 is 1.45 bits per heavy atom. The second-order valence-corrected chi connectivity index (χ2v) is 5.93. The van der Waals surface area contributed by atoms with Crippen molar-refractivity contribution in [1.29, 1.82) is 0 Å². The van der Waals surface area contributed by atoms with E-state index in [1.807, 2.05) is 0 Å². The van der Waals surface area contributed by atoms with Gasteiger partial charge in [0.1, 0.15) is 0 Å². The number of nitrogens with one attached hydrogen (secondary N) is 1. The van der Waals surface area contributed by atoms with Gasteiger partial charge in [-0.2, -0.15) is 0 Å². The number of hydrogen-bond acceptors (Lipinski definition) is 1. The van der Waals surface area contributed by atoms with Gasteiger partial charge in [-0.15, -0.1) is 0 Å². The molecule has 0 amide bonds. The minimum absolute atomic E-state index is 0.241. The van der Waals surface area contributed by atoms with E-state index in [0.29, 0.717) is 5.25 Å². The molecule has 2 nitrogen and oxygen atoms in total. The van der Waals surface area contributed by atoms with E-state index in [-0.39, 0.29) is 5.41 Å². The summed E-state index contributed by atoms with van der Waals surface area (Å²) in [4.78, 5) is 0. The van der Waals surface area contributed by atoms with Gasteiger partial charge in [0.25, 0.3) is 0 Å². The van der Waals surface area contributed by atoms with Crippen molar-refractivity contribution in [2.45, 2.75) is 38.9 Å². The van der Waals surface area contributed by atoms with E-state index in [0.717, 1.165) is 19.4 Å². The van der Waals surface area contributed by atoms with Gasteiger partial charge in [-0.25, -0.2) is 8.93 Å². The molecule has 0 saturated heterocycles. The summed E-state index contributed by atoms with van der Waals surface area (Å²) in [6.45, 7) is 7.27. The molecule has 0 spiro atoms.